The van der Waals surface area contributed by atoms with Gasteiger partial charge in [-0.15, -0.1) is 0 Å². The van der Waals surface area contributed by atoms with Crippen LogP contribution in [0.3, 0.4) is 0 Å². The van der Waals surface area contributed by atoms with Crippen molar-refractivity contribution in [1.29, 1.82) is 0 Å². The zero-order chi connectivity index (χ0) is 19.6. The maximum atomic E-state index is 12.2. The van der Waals surface area contributed by atoms with Crippen molar-refractivity contribution in [2.24, 2.45) is 0 Å². The lowest BCUT2D eigenvalue weighted by atomic mass is 10.0. The molecule has 1 aliphatic rings. The number of hydrogen-bond acceptors (Lipinski definition) is 6. The SMILES string of the molecule is C[C@H](COc1ccc2c(c1)NC(=O)CC2)NC(=O)c1[nH]c(=O)[nH]c(=O)c1N. The molecule has 2 heterocycles. The highest BCUT2D eigenvalue weighted by Gasteiger charge is 2.18. The van der Waals surface area contributed by atoms with Crippen molar-refractivity contribution in [3.8, 4) is 5.75 Å². The molecule has 2 aromatic rings. The summed E-state index contributed by atoms with van der Waals surface area (Å²) in [6.07, 6.45) is 1.15. The van der Waals surface area contributed by atoms with E-state index in [1.165, 1.54) is 0 Å². The van der Waals surface area contributed by atoms with Gasteiger partial charge in [-0.3, -0.25) is 19.4 Å². The number of nitrogen functional groups attached to an aromatic ring is 1. The Hall–Kier alpha value is -3.56. The number of aromatic nitrogens is 2. The first kappa shape index (κ1) is 18.2. The first-order valence-corrected chi connectivity index (χ1v) is 8.32. The summed E-state index contributed by atoms with van der Waals surface area (Å²) in [5.74, 6) is -0.185. The van der Waals surface area contributed by atoms with Gasteiger partial charge in [-0.05, 0) is 25.0 Å². The molecule has 0 spiro atoms. The lowest BCUT2D eigenvalue weighted by Crippen LogP contribution is -2.40. The summed E-state index contributed by atoms with van der Waals surface area (Å²) >= 11 is 0. The third-order valence-electron chi connectivity index (χ3n) is 4.06. The van der Waals surface area contributed by atoms with Crippen molar-refractivity contribution < 1.29 is 14.3 Å². The lowest BCUT2D eigenvalue weighted by Gasteiger charge is -2.19. The number of hydrogen-bond donors (Lipinski definition) is 5. The molecule has 1 aliphatic heterocycles. The van der Waals surface area contributed by atoms with Crippen LogP contribution in [0.2, 0.25) is 0 Å². The van der Waals surface area contributed by atoms with Gasteiger partial charge in [-0.2, -0.15) is 0 Å². The van der Waals surface area contributed by atoms with Gasteiger partial charge in [0.25, 0.3) is 11.5 Å². The van der Waals surface area contributed by atoms with E-state index in [-0.39, 0.29) is 23.9 Å². The molecule has 142 valence electrons. The minimum Gasteiger partial charge on any atom is -0.491 e. The van der Waals surface area contributed by atoms with Crippen LogP contribution in [0.5, 0.6) is 5.75 Å². The maximum absolute atomic E-state index is 12.2. The summed E-state index contributed by atoms with van der Waals surface area (Å²) in [5.41, 5.74) is 4.97. The number of rotatable bonds is 5. The Morgan fingerprint density at radius 1 is 1.26 bits per heavy atom. The van der Waals surface area contributed by atoms with E-state index in [4.69, 9.17) is 10.5 Å². The Kier molecular flexibility index (Phi) is 4.97. The van der Waals surface area contributed by atoms with Crippen molar-refractivity contribution in [3.05, 3.63) is 50.3 Å². The van der Waals surface area contributed by atoms with E-state index in [1.54, 1.807) is 19.1 Å². The predicted molar refractivity (Wildman–Crippen MR) is 97.9 cm³/mol. The van der Waals surface area contributed by atoms with Crippen molar-refractivity contribution in [2.75, 3.05) is 17.7 Å². The van der Waals surface area contributed by atoms with Gasteiger partial charge in [-0.1, -0.05) is 6.07 Å². The summed E-state index contributed by atoms with van der Waals surface area (Å²) in [6.45, 7) is 1.82. The molecule has 0 radical (unpaired) electrons. The molecular formula is C17H19N5O5. The molecule has 1 aromatic heterocycles. The number of aromatic amines is 2. The first-order chi connectivity index (χ1) is 12.8. The number of fused-ring (bicyclic) bond motifs is 1. The van der Waals surface area contributed by atoms with Crippen molar-refractivity contribution in [3.63, 3.8) is 0 Å². The third kappa shape index (κ3) is 4.17. The van der Waals surface area contributed by atoms with E-state index in [0.29, 0.717) is 24.3 Å². The number of nitrogens with one attached hydrogen (secondary N) is 4. The number of benzene rings is 1. The van der Waals surface area contributed by atoms with Gasteiger partial charge in [0.2, 0.25) is 5.91 Å². The van der Waals surface area contributed by atoms with Crippen LogP contribution in [0.1, 0.15) is 29.4 Å². The minimum atomic E-state index is -0.830. The van der Waals surface area contributed by atoms with E-state index in [0.717, 1.165) is 5.56 Å². The molecule has 0 saturated heterocycles. The Labute approximate surface area is 153 Å². The average molecular weight is 373 g/mol. The fourth-order valence-corrected chi connectivity index (χ4v) is 2.67. The average Bonchev–Trinajstić information content (AvgIpc) is 2.62. The van der Waals surface area contributed by atoms with Crippen molar-refractivity contribution >= 4 is 23.2 Å². The summed E-state index contributed by atoms with van der Waals surface area (Å²) in [7, 11) is 0. The second kappa shape index (κ2) is 7.36. The number of carbonyl (C=O) groups is 2. The molecule has 0 bridgehead atoms. The van der Waals surface area contributed by atoms with Crippen molar-refractivity contribution in [1.82, 2.24) is 15.3 Å². The second-order valence-corrected chi connectivity index (χ2v) is 6.25. The van der Waals surface area contributed by atoms with Crippen LogP contribution < -0.4 is 32.4 Å². The Morgan fingerprint density at radius 3 is 2.81 bits per heavy atom. The van der Waals surface area contributed by atoms with Gasteiger partial charge in [0.1, 0.15) is 23.7 Å². The third-order valence-corrected chi connectivity index (χ3v) is 4.06. The number of carbonyl (C=O) groups excluding carboxylic acids is 2. The Morgan fingerprint density at radius 2 is 2.04 bits per heavy atom. The van der Waals surface area contributed by atoms with Gasteiger partial charge >= 0.3 is 5.69 Å². The van der Waals surface area contributed by atoms with Gasteiger partial charge in [0.15, 0.2) is 0 Å². The highest BCUT2D eigenvalue weighted by molar-refractivity contribution is 5.97. The van der Waals surface area contributed by atoms with E-state index < -0.39 is 23.2 Å². The van der Waals surface area contributed by atoms with Crippen molar-refractivity contribution in [2.45, 2.75) is 25.8 Å². The van der Waals surface area contributed by atoms with E-state index in [2.05, 4.69) is 15.6 Å². The zero-order valence-electron chi connectivity index (χ0n) is 14.5. The maximum Gasteiger partial charge on any atom is 0.326 e. The van der Waals surface area contributed by atoms with Gasteiger partial charge in [0.05, 0.1) is 6.04 Å². The van der Waals surface area contributed by atoms with E-state index in [9.17, 15) is 19.2 Å². The van der Waals surface area contributed by atoms with Crippen LogP contribution in [0.25, 0.3) is 0 Å². The number of H-pyrrole nitrogens is 2. The van der Waals surface area contributed by atoms with Gasteiger partial charge in [-0.25, -0.2) is 4.79 Å². The van der Waals surface area contributed by atoms with Crippen LogP contribution >= 0.6 is 0 Å². The molecule has 0 aliphatic carbocycles. The molecule has 0 unspecified atom stereocenters. The quantitative estimate of drug-likeness (QED) is 0.485. The predicted octanol–water partition coefficient (Wildman–Crippen LogP) is -0.273. The smallest absolute Gasteiger partial charge is 0.326 e. The van der Waals surface area contributed by atoms with Crippen LogP contribution in [0.4, 0.5) is 11.4 Å². The normalized spacial score (nSPS) is 14.0. The number of ether oxygens (including phenoxy) is 1. The highest BCUT2D eigenvalue weighted by atomic mass is 16.5. The van der Waals surface area contributed by atoms with Gasteiger partial charge in [0, 0.05) is 18.2 Å². The van der Waals surface area contributed by atoms with E-state index in [1.807, 2.05) is 11.1 Å². The standard InChI is InChI=1S/C17H19N5O5/c1-8(19-16(25)14-13(18)15(24)22-17(26)21-14)7-27-10-4-2-9-3-5-12(23)20-11(9)6-10/h2,4,6,8H,3,5,7,18H2,1H3,(H,19,25)(H,20,23)(H2,21,22,24,26)/t8-/m1/s1. The summed E-state index contributed by atoms with van der Waals surface area (Å²) in [4.78, 5) is 50.6. The number of nitrogens with two attached hydrogens (primary N) is 1. The fraction of sp³-hybridized carbons (Fsp3) is 0.294. The molecule has 0 saturated carbocycles. The zero-order valence-corrected chi connectivity index (χ0v) is 14.5. The molecule has 1 atom stereocenters. The summed E-state index contributed by atoms with van der Waals surface area (Å²) in [5, 5.41) is 5.38. The molecular weight excluding hydrogens is 354 g/mol. The van der Waals surface area contributed by atoms with Crippen LogP contribution in [0.15, 0.2) is 27.8 Å². The minimum absolute atomic E-state index is 0.0373. The summed E-state index contributed by atoms with van der Waals surface area (Å²) < 4.78 is 5.65. The lowest BCUT2D eigenvalue weighted by molar-refractivity contribution is -0.116. The second-order valence-electron chi connectivity index (χ2n) is 6.25. The number of aryl methyl sites for hydroxylation is 1. The molecule has 1 aromatic carbocycles. The monoisotopic (exact) mass is 373 g/mol. The first-order valence-electron chi connectivity index (χ1n) is 8.32. The molecule has 0 fully saturated rings. The highest BCUT2D eigenvalue weighted by Crippen LogP contribution is 2.27. The molecule has 10 nitrogen and oxygen atoms in total. The Balaban J connectivity index is 1.62. The fourth-order valence-electron chi connectivity index (χ4n) is 2.67. The number of amides is 2. The number of anilines is 2. The molecule has 2 amide bonds. The van der Waals surface area contributed by atoms with Crippen LogP contribution in [0, 0.1) is 0 Å². The molecule has 27 heavy (non-hydrogen) atoms. The Bertz CT molecular complexity index is 1010. The largest absolute Gasteiger partial charge is 0.491 e. The molecule has 6 N–H and O–H groups in total. The van der Waals surface area contributed by atoms with Crippen LogP contribution in [-0.4, -0.2) is 34.4 Å². The van der Waals surface area contributed by atoms with Crippen LogP contribution in [-0.2, 0) is 11.2 Å². The molecule has 10 heteroatoms. The van der Waals surface area contributed by atoms with Gasteiger partial charge < -0.3 is 26.1 Å². The van der Waals surface area contributed by atoms with E-state index >= 15 is 0 Å². The summed E-state index contributed by atoms with van der Waals surface area (Å²) in [6, 6.07) is 4.96. The molecule has 3 rings (SSSR count). The topological polar surface area (TPSA) is 159 Å².